The van der Waals surface area contributed by atoms with E-state index in [1.807, 2.05) is 19.1 Å². The molecule has 0 saturated heterocycles. The topological polar surface area (TPSA) is 29.1 Å². The zero-order valence-corrected chi connectivity index (χ0v) is 11.9. The quantitative estimate of drug-likeness (QED) is 0.837. The summed E-state index contributed by atoms with van der Waals surface area (Å²) in [6.07, 6.45) is 6.01. The number of hydrogen-bond acceptors (Lipinski definition) is 1. The first-order valence-corrected chi connectivity index (χ1v) is 6.39. The average molecular weight is 345 g/mol. The summed E-state index contributed by atoms with van der Waals surface area (Å²) in [7, 11) is 0. The lowest BCUT2D eigenvalue weighted by atomic mass is 10.2. The number of amides is 1. The van der Waals surface area contributed by atoms with Gasteiger partial charge in [-0.05, 0) is 40.5 Å². The van der Waals surface area contributed by atoms with Crippen molar-refractivity contribution < 1.29 is 4.79 Å². The van der Waals surface area contributed by atoms with Gasteiger partial charge >= 0.3 is 0 Å². The highest BCUT2D eigenvalue weighted by Gasteiger charge is 2.13. The molecule has 4 heteroatoms. The first-order valence-electron chi connectivity index (χ1n) is 4.80. The van der Waals surface area contributed by atoms with Crippen LogP contribution in [0.15, 0.2) is 27.1 Å². The standard InChI is InChI=1S/C12H11Br2NO/c1-3-9(4-2)15-12(16)10-7-8(13)5-6-11(10)14/h1,5-7,9H,4H2,2H3,(H,15,16). The van der Waals surface area contributed by atoms with Gasteiger partial charge in [0.15, 0.2) is 0 Å². The number of rotatable bonds is 3. The molecule has 1 aromatic carbocycles. The van der Waals surface area contributed by atoms with Gasteiger partial charge in [0.05, 0.1) is 11.6 Å². The number of nitrogens with one attached hydrogen (secondary N) is 1. The Hall–Kier alpha value is -0.790. The number of carbonyl (C=O) groups is 1. The van der Waals surface area contributed by atoms with E-state index >= 15 is 0 Å². The summed E-state index contributed by atoms with van der Waals surface area (Å²) in [6.45, 7) is 1.93. The largest absolute Gasteiger partial charge is 0.338 e. The normalized spacial score (nSPS) is 11.6. The lowest BCUT2D eigenvalue weighted by Crippen LogP contribution is -2.33. The average Bonchev–Trinajstić information content (AvgIpc) is 2.28. The van der Waals surface area contributed by atoms with Crippen LogP contribution in [0, 0.1) is 12.3 Å². The summed E-state index contributed by atoms with van der Waals surface area (Å²) >= 11 is 6.66. The molecule has 0 heterocycles. The van der Waals surface area contributed by atoms with Crippen LogP contribution in [0.3, 0.4) is 0 Å². The smallest absolute Gasteiger partial charge is 0.253 e. The van der Waals surface area contributed by atoms with Gasteiger partial charge in [0.25, 0.3) is 5.91 Å². The molecule has 1 atom stereocenters. The molecule has 0 aromatic heterocycles. The number of carbonyl (C=O) groups excluding carboxylic acids is 1. The van der Waals surface area contributed by atoms with Gasteiger partial charge in [0, 0.05) is 8.95 Å². The number of hydrogen-bond donors (Lipinski definition) is 1. The second-order valence-electron chi connectivity index (χ2n) is 3.23. The van der Waals surface area contributed by atoms with Gasteiger partial charge < -0.3 is 5.32 Å². The summed E-state index contributed by atoms with van der Waals surface area (Å²) in [5.74, 6) is 2.36. The SMILES string of the molecule is C#CC(CC)NC(=O)c1cc(Br)ccc1Br. The van der Waals surface area contributed by atoms with Crippen LogP contribution in [0.25, 0.3) is 0 Å². The van der Waals surface area contributed by atoms with Crippen molar-refractivity contribution in [2.75, 3.05) is 0 Å². The molecule has 1 amide bonds. The Bertz CT molecular complexity index is 437. The van der Waals surface area contributed by atoms with Crippen LogP contribution in [0.2, 0.25) is 0 Å². The van der Waals surface area contributed by atoms with E-state index in [1.54, 1.807) is 6.07 Å². The van der Waals surface area contributed by atoms with Crippen LogP contribution >= 0.6 is 31.9 Å². The van der Waals surface area contributed by atoms with Crippen LogP contribution < -0.4 is 5.32 Å². The van der Waals surface area contributed by atoms with Gasteiger partial charge in [-0.3, -0.25) is 4.79 Å². The zero-order chi connectivity index (χ0) is 12.1. The summed E-state index contributed by atoms with van der Waals surface area (Å²) in [5, 5.41) is 2.77. The molecule has 0 aliphatic rings. The second-order valence-corrected chi connectivity index (χ2v) is 5.00. The number of terminal acetylenes is 1. The van der Waals surface area contributed by atoms with E-state index < -0.39 is 0 Å². The first kappa shape index (κ1) is 13.3. The zero-order valence-electron chi connectivity index (χ0n) is 8.76. The highest BCUT2D eigenvalue weighted by molar-refractivity contribution is 9.11. The molecule has 0 fully saturated rings. The Balaban J connectivity index is 2.89. The Morgan fingerprint density at radius 3 is 2.81 bits per heavy atom. The van der Waals surface area contributed by atoms with E-state index in [1.165, 1.54) is 0 Å². The number of benzene rings is 1. The molecule has 16 heavy (non-hydrogen) atoms. The third-order valence-electron chi connectivity index (χ3n) is 2.09. The predicted molar refractivity (Wildman–Crippen MR) is 72.2 cm³/mol. The molecule has 2 nitrogen and oxygen atoms in total. The molecule has 1 N–H and O–H groups in total. The fourth-order valence-electron chi connectivity index (χ4n) is 1.17. The molecule has 1 aromatic rings. The Labute approximate surface area is 112 Å². The van der Waals surface area contributed by atoms with Crippen molar-refractivity contribution in [3.05, 3.63) is 32.7 Å². The van der Waals surface area contributed by atoms with E-state index in [4.69, 9.17) is 6.42 Å². The molecular weight excluding hydrogens is 334 g/mol. The first-order chi connectivity index (χ1) is 7.58. The van der Waals surface area contributed by atoms with Crippen molar-refractivity contribution >= 4 is 37.8 Å². The van der Waals surface area contributed by atoms with Gasteiger partial charge in [0.2, 0.25) is 0 Å². The Kier molecular flexibility index (Phi) is 5.04. The van der Waals surface area contributed by atoms with Crippen LogP contribution in [0.5, 0.6) is 0 Å². The second kappa shape index (κ2) is 6.07. The fraction of sp³-hybridized carbons (Fsp3) is 0.250. The molecule has 1 rings (SSSR count). The highest BCUT2D eigenvalue weighted by atomic mass is 79.9. The maximum Gasteiger partial charge on any atom is 0.253 e. The molecule has 84 valence electrons. The minimum absolute atomic E-state index is 0.169. The van der Waals surface area contributed by atoms with Gasteiger partial charge in [-0.25, -0.2) is 0 Å². The molecule has 0 saturated carbocycles. The maximum absolute atomic E-state index is 11.9. The lowest BCUT2D eigenvalue weighted by Gasteiger charge is -2.11. The van der Waals surface area contributed by atoms with Crippen molar-refractivity contribution in [3.8, 4) is 12.3 Å². The molecule has 0 spiro atoms. The van der Waals surface area contributed by atoms with E-state index in [2.05, 4.69) is 43.1 Å². The molecule has 0 bridgehead atoms. The van der Waals surface area contributed by atoms with E-state index in [0.29, 0.717) is 12.0 Å². The van der Waals surface area contributed by atoms with E-state index in [-0.39, 0.29) is 11.9 Å². The lowest BCUT2D eigenvalue weighted by molar-refractivity contribution is 0.0944. The van der Waals surface area contributed by atoms with Crippen LogP contribution in [-0.4, -0.2) is 11.9 Å². The fourth-order valence-corrected chi connectivity index (χ4v) is 1.96. The van der Waals surface area contributed by atoms with Crippen molar-refractivity contribution in [1.82, 2.24) is 5.32 Å². The van der Waals surface area contributed by atoms with Gasteiger partial charge in [-0.15, -0.1) is 6.42 Å². The van der Waals surface area contributed by atoms with E-state index in [0.717, 1.165) is 8.95 Å². The minimum atomic E-state index is -0.224. The Morgan fingerprint density at radius 2 is 2.25 bits per heavy atom. The van der Waals surface area contributed by atoms with Crippen LogP contribution in [0.1, 0.15) is 23.7 Å². The summed E-state index contributed by atoms with van der Waals surface area (Å²) < 4.78 is 1.61. The van der Waals surface area contributed by atoms with E-state index in [9.17, 15) is 4.79 Å². The predicted octanol–water partition coefficient (Wildman–Crippen LogP) is 3.35. The van der Waals surface area contributed by atoms with Gasteiger partial charge in [-0.2, -0.15) is 0 Å². The molecule has 0 radical (unpaired) electrons. The van der Waals surface area contributed by atoms with Crippen LogP contribution in [-0.2, 0) is 0 Å². The molecular formula is C12H11Br2NO. The van der Waals surface area contributed by atoms with Gasteiger partial charge in [-0.1, -0.05) is 28.8 Å². The summed E-state index contributed by atoms with van der Waals surface area (Å²) in [6, 6.07) is 5.20. The van der Waals surface area contributed by atoms with Crippen molar-refractivity contribution in [1.29, 1.82) is 0 Å². The minimum Gasteiger partial charge on any atom is -0.338 e. The third-order valence-corrected chi connectivity index (χ3v) is 3.27. The summed E-state index contributed by atoms with van der Waals surface area (Å²) in [5.41, 5.74) is 0.572. The van der Waals surface area contributed by atoms with Crippen LogP contribution in [0.4, 0.5) is 0 Å². The third kappa shape index (κ3) is 3.36. The Morgan fingerprint density at radius 1 is 1.56 bits per heavy atom. The van der Waals surface area contributed by atoms with Crippen molar-refractivity contribution in [3.63, 3.8) is 0 Å². The molecule has 0 aliphatic carbocycles. The molecule has 1 unspecified atom stereocenters. The maximum atomic E-state index is 11.9. The highest BCUT2D eigenvalue weighted by Crippen LogP contribution is 2.21. The van der Waals surface area contributed by atoms with Crippen molar-refractivity contribution in [2.45, 2.75) is 19.4 Å². The summed E-state index contributed by atoms with van der Waals surface area (Å²) in [4.78, 5) is 11.9. The number of halogens is 2. The van der Waals surface area contributed by atoms with Crippen molar-refractivity contribution in [2.24, 2.45) is 0 Å². The monoisotopic (exact) mass is 343 g/mol. The van der Waals surface area contributed by atoms with Gasteiger partial charge in [0.1, 0.15) is 0 Å². The molecule has 0 aliphatic heterocycles.